The van der Waals surface area contributed by atoms with Gasteiger partial charge >= 0.3 is 11.9 Å². The summed E-state index contributed by atoms with van der Waals surface area (Å²) >= 11 is 0. The zero-order valence-electron chi connectivity index (χ0n) is 32.1. The van der Waals surface area contributed by atoms with Crippen molar-refractivity contribution in [1.82, 2.24) is 5.32 Å². The molecule has 0 radical (unpaired) electrons. The third-order valence-electron chi connectivity index (χ3n) is 15.6. The maximum Gasteiger partial charge on any atom is 0.328 e. The van der Waals surface area contributed by atoms with Crippen LogP contribution in [-0.4, -0.2) is 35.6 Å². The molecule has 1 N–H and O–H groups in total. The average Bonchev–Trinajstić information content (AvgIpc) is 3.35. The summed E-state index contributed by atoms with van der Waals surface area (Å²) in [5.74, 6) is 2.71. The lowest BCUT2D eigenvalue weighted by Gasteiger charge is -2.73. The number of esters is 2. The fourth-order valence-electron chi connectivity index (χ4n) is 13.2. The van der Waals surface area contributed by atoms with Crippen LogP contribution in [0.4, 0.5) is 0 Å². The van der Waals surface area contributed by atoms with Gasteiger partial charge in [-0.3, -0.25) is 9.59 Å². The molecule has 5 aliphatic rings. The lowest BCUT2D eigenvalue weighted by atomic mass is 9.32. The van der Waals surface area contributed by atoms with E-state index in [1.165, 1.54) is 25.7 Å². The quantitative estimate of drug-likeness (QED) is 0.277. The van der Waals surface area contributed by atoms with Gasteiger partial charge in [0.05, 0.1) is 5.41 Å². The van der Waals surface area contributed by atoms with Crippen molar-refractivity contribution >= 4 is 17.8 Å². The third-order valence-corrected chi connectivity index (χ3v) is 15.6. The Morgan fingerprint density at radius 1 is 0.809 bits per heavy atom. The zero-order valence-corrected chi connectivity index (χ0v) is 32.1. The molecule has 5 saturated carbocycles. The van der Waals surface area contributed by atoms with Crippen LogP contribution in [0.3, 0.4) is 0 Å². The average molecular weight is 656 g/mol. The second-order valence-corrected chi connectivity index (χ2v) is 19.6. The molecule has 11 atom stereocenters. The van der Waals surface area contributed by atoms with E-state index in [1.807, 2.05) is 27.7 Å². The van der Waals surface area contributed by atoms with Crippen LogP contribution in [0.2, 0.25) is 0 Å². The highest BCUT2D eigenvalue weighted by molar-refractivity contribution is 5.88. The summed E-state index contributed by atoms with van der Waals surface area (Å²) in [4.78, 5) is 40.1. The molecular weight excluding hydrogens is 586 g/mol. The fraction of sp³-hybridized carbons (Fsp3) is 0.927. The van der Waals surface area contributed by atoms with Crippen molar-refractivity contribution in [3.05, 3.63) is 0 Å². The van der Waals surface area contributed by atoms with Crippen molar-refractivity contribution < 1.29 is 23.9 Å². The fourth-order valence-corrected chi connectivity index (χ4v) is 13.2. The highest BCUT2D eigenvalue weighted by Crippen LogP contribution is 2.77. The van der Waals surface area contributed by atoms with Gasteiger partial charge in [0.1, 0.15) is 17.7 Å². The van der Waals surface area contributed by atoms with Gasteiger partial charge in [-0.15, -0.1) is 0 Å². The Bertz CT molecular complexity index is 1220. The molecule has 6 nitrogen and oxygen atoms in total. The van der Waals surface area contributed by atoms with Crippen molar-refractivity contribution in [2.24, 2.45) is 62.6 Å². The van der Waals surface area contributed by atoms with Gasteiger partial charge in [-0.1, -0.05) is 55.4 Å². The number of hydrogen-bond acceptors (Lipinski definition) is 5. The molecule has 5 rings (SSSR count). The van der Waals surface area contributed by atoms with Gasteiger partial charge in [0, 0.05) is 11.8 Å². The molecule has 1 amide bonds. The normalized spacial score (nSPS) is 43.1. The summed E-state index contributed by atoms with van der Waals surface area (Å²) in [6, 6.07) is -0.661. The summed E-state index contributed by atoms with van der Waals surface area (Å²) in [5.41, 5.74) is -0.492. The van der Waals surface area contributed by atoms with E-state index in [0.29, 0.717) is 41.9 Å². The molecule has 0 aromatic rings. The van der Waals surface area contributed by atoms with Gasteiger partial charge in [0.2, 0.25) is 5.91 Å². The van der Waals surface area contributed by atoms with Gasteiger partial charge in [-0.05, 0) is 150 Å². The molecule has 1 unspecified atom stereocenters. The number of carbonyl (C=O) groups is 3. The number of ether oxygens (including phenoxy) is 2. The van der Waals surface area contributed by atoms with Gasteiger partial charge < -0.3 is 14.8 Å². The first-order valence-corrected chi connectivity index (χ1v) is 19.4. The van der Waals surface area contributed by atoms with E-state index in [4.69, 9.17) is 9.47 Å². The van der Waals surface area contributed by atoms with Gasteiger partial charge in [0.15, 0.2) is 0 Å². The van der Waals surface area contributed by atoms with E-state index in [0.717, 1.165) is 44.9 Å². The summed E-state index contributed by atoms with van der Waals surface area (Å²) in [6.07, 6.45) is 12.2. The molecule has 0 aromatic heterocycles. The molecule has 0 spiro atoms. The molecule has 6 heteroatoms. The monoisotopic (exact) mass is 656 g/mol. The zero-order chi connectivity index (χ0) is 35.0. The van der Waals surface area contributed by atoms with Gasteiger partial charge in [-0.2, -0.15) is 0 Å². The first-order valence-electron chi connectivity index (χ1n) is 19.4. The Morgan fingerprint density at radius 2 is 1.49 bits per heavy atom. The van der Waals surface area contributed by atoms with Crippen molar-refractivity contribution in [3.63, 3.8) is 0 Å². The van der Waals surface area contributed by atoms with Crippen LogP contribution in [0.1, 0.15) is 160 Å². The van der Waals surface area contributed by atoms with Crippen LogP contribution in [0.5, 0.6) is 0 Å². The second kappa shape index (κ2) is 12.3. The number of hydrogen-bond donors (Lipinski definition) is 1. The summed E-state index contributed by atoms with van der Waals surface area (Å²) in [7, 11) is 0. The SMILES string of the molecule is CCCC(=O)O[C@@H]1CC[C@]2(C)[C@H]3CCC4[C@@H]5[C@H](C(C)C)CC[C@]5(C(=O)N[C@H](C)C(=O)OC(C)(C)C)CC[C@@]4(C)[C@]3(C)CC[C@H]2C1(C)C. The van der Waals surface area contributed by atoms with Crippen LogP contribution in [-0.2, 0) is 23.9 Å². The largest absolute Gasteiger partial charge is 0.462 e. The van der Waals surface area contributed by atoms with E-state index in [1.54, 1.807) is 6.92 Å². The number of rotatable bonds is 7. The number of amides is 1. The predicted octanol–water partition coefficient (Wildman–Crippen LogP) is 9.28. The predicted molar refractivity (Wildman–Crippen MR) is 187 cm³/mol. The smallest absolute Gasteiger partial charge is 0.328 e. The Balaban J connectivity index is 1.43. The number of nitrogens with one attached hydrogen (secondary N) is 1. The molecular formula is C41H69NO5. The lowest BCUT2D eigenvalue weighted by Crippen LogP contribution is -2.67. The Hall–Kier alpha value is -1.59. The lowest BCUT2D eigenvalue weighted by molar-refractivity contribution is -0.250. The molecule has 0 aliphatic heterocycles. The van der Waals surface area contributed by atoms with Crippen molar-refractivity contribution in [3.8, 4) is 0 Å². The van der Waals surface area contributed by atoms with Crippen LogP contribution in [0, 0.1) is 62.6 Å². The molecule has 47 heavy (non-hydrogen) atoms. The molecule has 268 valence electrons. The van der Waals surface area contributed by atoms with E-state index in [2.05, 4.69) is 53.8 Å². The van der Waals surface area contributed by atoms with Gasteiger partial charge in [0.25, 0.3) is 0 Å². The number of carbonyl (C=O) groups excluding carboxylic acids is 3. The minimum absolute atomic E-state index is 0.00178. The van der Waals surface area contributed by atoms with E-state index in [9.17, 15) is 14.4 Å². The van der Waals surface area contributed by atoms with Gasteiger partial charge in [-0.25, -0.2) is 4.79 Å². The summed E-state index contributed by atoms with van der Waals surface area (Å²) in [6.45, 7) is 26.8. The topological polar surface area (TPSA) is 81.7 Å². The Kier molecular flexibility index (Phi) is 9.62. The third kappa shape index (κ3) is 5.79. The standard InChI is InChI=1S/C41H69NO5/c1-13-14-32(43)46-31-19-20-38(10)29(37(31,8)9)18-21-40(12)30(38)16-15-28-33-27(25(2)3)17-22-41(33,24-23-39(28,40)11)35(45)42-26(4)34(44)47-36(5,6)7/h25-31,33H,13-24H2,1-12H3,(H,42,45)/t26-,27+,28?,29+,30-,31-,33+,38+,39-,40-,41+/m1/s1. The maximum absolute atomic E-state index is 14.5. The molecule has 5 fully saturated rings. The van der Waals surface area contributed by atoms with E-state index in [-0.39, 0.29) is 45.6 Å². The van der Waals surface area contributed by atoms with Crippen LogP contribution >= 0.6 is 0 Å². The summed E-state index contributed by atoms with van der Waals surface area (Å²) < 4.78 is 11.8. The van der Waals surface area contributed by atoms with Crippen LogP contribution in [0.25, 0.3) is 0 Å². The highest BCUT2D eigenvalue weighted by Gasteiger charge is 2.72. The molecule has 0 heterocycles. The van der Waals surface area contributed by atoms with Crippen LogP contribution < -0.4 is 5.32 Å². The van der Waals surface area contributed by atoms with Crippen LogP contribution in [0.15, 0.2) is 0 Å². The molecule has 0 saturated heterocycles. The van der Waals surface area contributed by atoms with E-state index >= 15 is 0 Å². The molecule has 5 aliphatic carbocycles. The van der Waals surface area contributed by atoms with Crippen molar-refractivity contribution in [2.45, 2.75) is 178 Å². The minimum atomic E-state index is -0.661. The Labute approximate surface area is 287 Å². The Morgan fingerprint density at radius 3 is 2.11 bits per heavy atom. The van der Waals surface area contributed by atoms with Crippen molar-refractivity contribution in [2.75, 3.05) is 0 Å². The maximum atomic E-state index is 14.5. The number of fused-ring (bicyclic) bond motifs is 7. The van der Waals surface area contributed by atoms with Crippen molar-refractivity contribution in [1.29, 1.82) is 0 Å². The second-order valence-electron chi connectivity index (χ2n) is 19.6. The minimum Gasteiger partial charge on any atom is -0.462 e. The molecule has 0 bridgehead atoms. The first-order chi connectivity index (χ1) is 21.7. The first kappa shape index (κ1) is 36.7. The van der Waals surface area contributed by atoms with E-state index < -0.39 is 17.1 Å². The molecule has 0 aromatic carbocycles. The summed E-state index contributed by atoms with van der Waals surface area (Å²) in [5, 5.41) is 3.20. The highest BCUT2D eigenvalue weighted by atomic mass is 16.6.